The summed E-state index contributed by atoms with van der Waals surface area (Å²) in [5.74, 6) is -0.696. The van der Waals surface area contributed by atoms with Crippen LogP contribution < -0.4 is 5.32 Å². The van der Waals surface area contributed by atoms with Gasteiger partial charge in [0, 0.05) is 13.1 Å². The van der Waals surface area contributed by atoms with Gasteiger partial charge < -0.3 is 10.4 Å². The zero-order valence-corrected chi connectivity index (χ0v) is 9.75. The summed E-state index contributed by atoms with van der Waals surface area (Å²) < 4.78 is 0. The Morgan fingerprint density at radius 1 is 1.47 bits per heavy atom. The lowest BCUT2D eigenvalue weighted by Crippen LogP contribution is -2.68. The fourth-order valence-electron chi connectivity index (χ4n) is 2.06. The van der Waals surface area contributed by atoms with Gasteiger partial charge >= 0.3 is 5.97 Å². The molecule has 1 saturated heterocycles. The van der Waals surface area contributed by atoms with Crippen molar-refractivity contribution in [2.24, 2.45) is 0 Å². The lowest BCUT2D eigenvalue weighted by Gasteiger charge is -2.48. The molecule has 15 heavy (non-hydrogen) atoms. The van der Waals surface area contributed by atoms with Crippen LogP contribution in [0.4, 0.5) is 0 Å². The summed E-state index contributed by atoms with van der Waals surface area (Å²) in [6.07, 6.45) is 3.84. The molecule has 0 unspecified atom stereocenters. The van der Waals surface area contributed by atoms with E-state index in [2.05, 4.69) is 17.1 Å². The lowest BCUT2D eigenvalue weighted by molar-refractivity contribution is -0.141. The summed E-state index contributed by atoms with van der Waals surface area (Å²) in [5.41, 5.74) is -0.125. The van der Waals surface area contributed by atoms with Gasteiger partial charge in [-0.25, -0.2) is 0 Å². The van der Waals surface area contributed by atoms with Gasteiger partial charge in [0.15, 0.2) is 0 Å². The summed E-state index contributed by atoms with van der Waals surface area (Å²) in [6, 6.07) is 0. The van der Waals surface area contributed by atoms with Gasteiger partial charge in [0.25, 0.3) is 0 Å². The van der Waals surface area contributed by atoms with Crippen molar-refractivity contribution < 1.29 is 9.90 Å². The fourth-order valence-corrected chi connectivity index (χ4v) is 2.06. The van der Waals surface area contributed by atoms with Crippen LogP contribution >= 0.6 is 0 Å². The Balaban J connectivity index is 2.39. The number of likely N-dealkylation sites (N-methyl/N-ethyl adjacent to an activating group) is 1. The average Bonchev–Trinajstić information content (AvgIpc) is 2.11. The second kappa shape index (κ2) is 5.47. The highest BCUT2D eigenvalue weighted by atomic mass is 16.4. The number of hydrogen-bond donors (Lipinski definition) is 2. The number of aliphatic carboxylic acids is 1. The largest absolute Gasteiger partial charge is 0.481 e. The van der Waals surface area contributed by atoms with Crippen LogP contribution in [0.15, 0.2) is 0 Å². The van der Waals surface area contributed by atoms with Crippen molar-refractivity contribution in [2.75, 3.05) is 26.7 Å². The van der Waals surface area contributed by atoms with Gasteiger partial charge in [0.05, 0.1) is 12.0 Å². The van der Waals surface area contributed by atoms with Gasteiger partial charge in [-0.3, -0.25) is 9.69 Å². The molecule has 0 aromatic rings. The SMILES string of the molecule is CCCCCN(C)C1(CC(=O)O)CNC1. The summed E-state index contributed by atoms with van der Waals surface area (Å²) in [5, 5.41) is 12.1. The Kier molecular flexibility index (Phi) is 4.54. The zero-order chi connectivity index (χ0) is 11.3. The first-order chi connectivity index (χ1) is 7.10. The number of carboxylic acids is 1. The second-order valence-corrected chi connectivity index (χ2v) is 4.53. The van der Waals surface area contributed by atoms with Gasteiger partial charge in [0.2, 0.25) is 0 Å². The number of carboxylic acid groups (broad SMARTS) is 1. The fraction of sp³-hybridized carbons (Fsp3) is 0.909. The minimum atomic E-state index is -0.696. The van der Waals surface area contributed by atoms with E-state index < -0.39 is 5.97 Å². The zero-order valence-electron chi connectivity index (χ0n) is 9.75. The summed E-state index contributed by atoms with van der Waals surface area (Å²) in [6.45, 7) is 4.80. The van der Waals surface area contributed by atoms with E-state index in [1.54, 1.807) is 0 Å². The molecule has 0 amide bonds. The minimum absolute atomic E-state index is 0.125. The molecule has 2 N–H and O–H groups in total. The first-order valence-corrected chi connectivity index (χ1v) is 5.74. The van der Waals surface area contributed by atoms with Crippen molar-refractivity contribution in [1.82, 2.24) is 10.2 Å². The smallest absolute Gasteiger partial charge is 0.305 e. The number of unbranched alkanes of at least 4 members (excludes halogenated alkanes) is 2. The van der Waals surface area contributed by atoms with Crippen molar-refractivity contribution in [3.63, 3.8) is 0 Å². The van der Waals surface area contributed by atoms with Crippen molar-refractivity contribution in [3.8, 4) is 0 Å². The number of nitrogens with one attached hydrogen (secondary N) is 1. The first-order valence-electron chi connectivity index (χ1n) is 5.74. The lowest BCUT2D eigenvalue weighted by atomic mass is 9.86. The third-order valence-electron chi connectivity index (χ3n) is 3.30. The molecule has 1 heterocycles. The molecule has 0 aliphatic carbocycles. The molecule has 1 aliphatic rings. The van der Waals surface area contributed by atoms with Gasteiger partial charge in [-0.1, -0.05) is 19.8 Å². The first kappa shape index (κ1) is 12.5. The maximum atomic E-state index is 10.8. The van der Waals surface area contributed by atoms with Crippen molar-refractivity contribution in [3.05, 3.63) is 0 Å². The topological polar surface area (TPSA) is 52.6 Å². The van der Waals surface area contributed by atoms with Crippen LogP contribution in [0.5, 0.6) is 0 Å². The molecule has 1 fully saturated rings. The second-order valence-electron chi connectivity index (χ2n) is 4.53. The van der Waals surface area contributed by atoms with E-state index >= 15 is 0 Å². The van der Waals surface area contributed by atoms with Crippen LogP contribution in [0.2, 0.25) is 0 Å². The standard InChI is InChI=1S/C11H22N2O2/c1-3-4-5-6-13(2)11(7-10(14)15)8-12-9-11/h12H,3-9H2,1-2H3,(H,14,15). The van der Waals surface area contributed by atoms with E-state index in [9.17, 15) is 4.79 Å². The summed E-state index contributed by atoms with van der Waals surface area (Å²) in [7, 11) is 2.04. The van der Waals surface area contributed by atoms with Crippen LogP contribution in [0.1, 0.15) is 32.6 Å². The molecular weight excluding hydrogens is 192 g/mol. The Hall–Kier alpha value is -0.610. The molecule has 4 heteroatoms. The van der Waals surface area contributed by atoms with Crippen molar-refractivity contribution >= 4 is 5.97 Å². The Bertz CT molecular complexity index is 215. The molecular formula is C11H22N2O2. The number of rotatable bonds is 7. The molecule has 1 rings (SSSR count). The van der Waals surface area contributed by atoms with Crippen molar-refractivity contribution in [1.29, 1.82) is 0 Å². The molecule has 0 bridgehead atoms. The third-order valence-corrected chi connectivity index (χ3v) is 3.30. The van der Waals surface area contributed by atoms with Crippen LogP contribution in [-0.2, 0) is 4.79 Å². The molecule has 0 radical (unpaired) electrons. The van der Waals surface area contributed by atoms with Gasteiger partial charge in [-0.2, -0.15) is 0 Å². The quantitative estimate of drug-likeness (QED) is 0.619. The monoisotopic (exact) mass is 214 g/mol. The number of nitrogens with zero attached hydrogens (tertiary/aromatic N) is 1. The maximum Gasteiger partial charge on any atom is 0.305 e. The van der Waals surface area contributed by atoms with Crippen LogP contribution in [0, 0.1) is 0 Å². The highest BCUT2D eigenvalue weighted by Gasteiger charge is 2.42. The van der Waals surface area contributed by atoms with E-state index in [-0.39, 0.29) is 12.0 Å². The highest BCUT2D eigenvalue weighted by molar-refractivity contribution is 5.68. The van der Waals surface area contributed by atoms with E-state index in [4.69, 9.17) is 5.11 Å². The van der Waals surface area contributed by atoms with Crippen LogP contribution in [0.25, 0.3) is 0 Å². The number of hydrogen-bond acceptors (Lipinski definition) is 3. The van der Waals surface area contributed by atoms with Gasteiger partial charge in [-0.15, -0.1) is 0 Å². The van der Waals surface area contributed by atoms with E-state index in [1.807, 2.05) is 7.05 Å². The molecule has 88 valence electrons. The molecule has 4 nitrogen and oxygen atoms in total. The minimum Gasteiger partial charge on any atom is -0.481 e. The van der Waals surface area contributed by atoms with Gasteiger partial charge in [-0.05, 0) is 20.0 Å². The third kappa shape index (κ3) is 3.18. The Morgan fingerprint density at radius 2 is 2.13 bits per heavy atom. The van der Waals surface area contributed by atoms with Crippen LogP contribution in [-0.4, -0.2) is 48.2 Å². The average molecular weight is 214 g/mol. The normalized spacial score (nSPS) is 18.9. The molecule has 0 saturated carbocycles. The Labute approximate surface area is 91.6 Å². The summed E-state index contributed by atoms with van der Waals surface area (Å²) >= 11 is 0. The molecule has 0 spiro atoms. The van der Waals surface area contributed by atoms with Gasteiger partial charge in [0.1, 0.15) is 0 Å². The Morgan fingerprint density at radius 3 is 2.53 bits per heavy atom. The maximum absolute atomic E-state index is 10.8. The summed E-state index contributed by atoms with van der Waals surface area (Å²) in [4.78, 5) is 13.0. The predicted molar refractivity (Wildman–Crippen MR) is 60.0 cm³/mol. The van der Waals surface area contributed by atoms with Crippen molar-refractivity contribution in [2.45, 2.75) is 38.1 Å². The molecule has 0 atom stereocenters. The van der Waals surface area contributed by atoms with Crippen LogP contribution in [0.3, 0.4) is 0 Å². The molecule has 0 aromatic carbocycles. The highest BCUT2D eigenvalue weighted by Crippen LogP contribution is 2.23. The predicted octanol–water partition coefficient (Wildman–Crippen LogP) is 0.925. The molecule has 1 aliphatic heterocycles. The van der Waals surface area contributed by atoms with E-state index in [1.165, 1.54) is 12.8 Å². The van der Waals surface area contributed by atoms with E-state index in [0.717, 1.165) is 26.1 Å². The molecule has 0 aromatic heterocycles. The van der Waals surface area contributed by atoms with E-state index in [0.29, 0.717) is 0 Å². The number of carbonyl (C=O) groups is 1.